The van der Waals surface area contributed by atoms with Crippen LogP contribution >= 0.6 is 0 Å². The van der Waals surface area contributed by atoms with Crippen LogP contribution in [0.2, 0.25) is 0 Å². The van der Waals surface area contributed by atoms with Gasteiger partial charge in [0.1, 0.15) is 11.6 Å². The summed E-state index contributed by atoms with van der Waals surface area (Å²) in [6.07, 6.45) is 3.24. The van der Waals surface area contributed by atoms with Crippen molar-refractivity contribution in [3.05, 3.63) is 28.3 Å². The Balaban J connectivity index is 2.92. The van der Waals surface area contributed by atoms with Gasteiger partial charge in [-0.3, -0.25) is 4.79 Å². The fourth-order valence-corrected chi connectivity index (χ4v) is 1.88. The van der Waals surface area contributed by atoms with Crippen LogP contribution in [0.15, 0.2) is 17.2 Å². The first-order valence-corrected chi connectivity index (χ1v) is 5.34. The lowest BCUT2D eigenvalue weighted by Crippen LogP contribution is -2.36. The second kappa shape index (κ2) is 3.45. The molecule has 2 aromatic heterocycles. The summed E-state index contributed by atoms with van der Waals surface area (Å²) in [5, 5.41) is 13.7. The van der Waals surface area contributed by atoms with Gasteiger partial charge in [-0.25, -0.2) is 4.68 Å². The van der Waals surface area contributed by atoms with Crippen LogP contribution in [0.25, 0.3) is 10.9 Å². The summed E-state index contributed by atoms with van der Waals surface area (Å²) in [5.41, 5.74) is 0.459. The summed E-state index contributed by atoms with van der Waals surface area (Å²) in [6, 6.07) is 2.07. The topological polar surface area (TPSA) is 63.6 Å². The Morgan fingerprint density at radius 3 is 2.59 bits per heavy atom. The van der Waals surface area contributed by atoms with E-state index in [1.165, 1.54) is 4.68 Å². The highest BCUT2D eigenvalue weighted by Crippen LogP contribution is 2.17. The number of hydrogen-bond acceptors (Lipinski definition) is 3. The predicted octanol–water partition coefficient (Wildman–Crippen LogP) is 1.36. The van der Waals surface area contributed by atoms with Gasteiger partial charge < -0.3 is 4.57 Å². The molecule has 0 saturated heterocycles. The van der Waals surface area contributed by atoms with Gasteiger partial charge in [0.2, 0.25) is 0 Å². The SMILES string of the molecule is Cn1cc(C#N)c2cnn(C(C)(C)C)c(=O)c21. The molecule has 0 amide bonds. The number of nitriles is 1. The van der Waals surface area contributed by atoms with Gasteiger partial charge in [0.25, 0.3) is 5.56 Å². The molecule has 2 heterocycles. The van der Waals surface area contributed by atoms with E-state index in [2.05, 4.69) is 11.2 Å². The van der Waals surface area contributed by atoms with E-state index in [1.54, 1.807) is 24.0 Å². The highest BCUT2D eigenvalue weighted by Gasteiger charge is 2.20. The molecule has 0 bridgehead atoms. The first kappa shape index (κ1) is 11.4. The molecule has 5 heteroatoms. The zero-order chi connectivity index (χ0) is 12.8. The normalized spacial score (nSPS) is 11.7. The van der Waals surface area contributed by atoms with E-state index in [9.17, 15) is 4.79 Å². The van der Waals surface area contributed by atoms with E-state index < -0.39 is 0 Å². The van der Waals surface area contributed by atoms with E-state index >= 15 is 0 Å². The zero-order valence-corrected chi connectivity index (χ0v) is 10.4. The van der Waals surface area contributed by atoms with Crippen molar-refractivity contribution < 1.29 is 0 Å². The highest BCUT2D eigenvalue weighted by molar-refractivity contribution is 5.84. The number of nitrogens with zero attached hydrogens (tertiary/aromatic N) is 4. The Bertz CT molecular complexity index is 679. The maximum Gasteiger partial charge on any atom is 0.291 e. The average molecular weight is 230 g/mol. The van der Waals surface area contributed by atoms with Gasteiger partial charge in [0.05, 0.1) is 17.3 Å². The minimum absolute atomic E-state index is 0.168. The van der Waals surface area contributed by atoms with E-state index in [0.717, 1.165) is 0 Å². The molecule has 0 unspecified atom stereocenters. The number of aryl methyl sites for hydroxylation is 1. The third-order valence-electron chi connectivity index (χ3n) is 2.67. The Hall–Kier alpha value is -2.09. The molecule has 88 valence electrons. The number of aromatic nitrogens is 3. The van der Waals surface area contributed by atoms with Gasteiger partial charge in [-0.2, -0.15) is 10.4 Å². The lowest BCUT2D eigenvalue weighted by atomic mass is 10.1. The van der Waals surface area contributed by atoms with Crippen molar-refractivity contribution >= 4 is 10.9 Å². The van der Waals surface area contributed by atoms with Crippen molar-refractivity contribution in [2.75, 3.05) is 0 Å². The van der Waals surface area contributed by atoms with Gasteiger partial charge in [-0.1, -0.05) is 0 Å². The van der Waals surface area contributed by atoms with Gasteiger partial charge in [-0.05, 0) is 20.8 Å². The van der Waals surface area contributed by atoms with Crippen LogP contribution in [0.3, 0.4) is 0 Å². The summed E-state index contributed by atoms with van der Waals surface area (Å²) in [5.74, 6) is 0. The first-order chi connectivity index (χ1) is 7.86. The molecule has 0 N–H and O–H groups in total. The Labute approximate surface area is 98.9 Å². The third kappa shape index (κ3) is 1.62. The van der Waals surface area contributed by atoms with E-state index in [-0.39, 0.29) is 11.1 Å². The maximum atomic E-state index is 12.3. The summed E-state index contributed by atoms with van der Waals surface area (Å²) in [6.45, 7) is 5.75. The fraction of sp³-hybridized carbons (Fsp3) is 0.417. The van der Waals surface area contributed by atoms with Crippen LogP contribution in [0.4, 0.5) is 0 Å². The molecular weight excluding hydrogens is 216 g/mol. The van der Waals surface area contributed by atoms with Crippen molar-refractivity contribution in [2.24, 2.45) is 7.05 Å². The molecular formula is C12H14N4O. The van der Waals surface area contributed by atoms with E-state index in [1.807, 2.05) is 20.8 Å². The molecule has 2 rings (SSSR count). The Morgan fingerprint density at radius 2 is 2.06 bits per heavy atom. The van der Waals surface area contributed by atoms with Crippen LogP contribution in [-0.4, -0.2) is 14.3 Å². The van der Waals surface area contributed by atoms with E-state index in [4.69, 9.17) is 5.26 Å². The predicted molar refractivity (Wildman–Crippen MR) is 64.7 cm³/mol. The molecule has 0 saturated carbocycles. The lowest BCUT2D eigenvalue weighted by molar-refractivity contribution is 0.340. The van der Waals surface area contributed by atoms with Crippen molar-refractivity contribution in [3.8, 4) is 6.07 Å². The van der Waals surface area contributed by atoms with Crippen molar-refractivity contribution in [1.82, 2.24) is 14.3 Å². The average Bonchev–Trinajstić information content (AvgIpc) is 2.54. The van der Waals surface area contributed by atoms with Crippen LogP contribution in [-0.2, 0) is 12.6 Å². The second-order valence-electron chi connectivity index (χ2n) is 5.06. The smallest absolute Gasteiger partial charge is 0.291 e. The van der Waals surface area contributed by atoms with Crippen LogP contribution in [0, 0.1) is 11.3 Å². The molecule has 2 aromatic rings. The zero-order valence-electron chi connectivity index (χ0n) is 10.4. The molecule has 0 spiro atoms. The van der Waals surface area contributed by atoms with Crippen molar-refractivity contribution in [3.63, 3.8) is 0 Å². The maximum absolute atomic E-state index is 12.3. The second-order valence-corrected chi connectivity index (χ2v) is 5.06. The van der Waals surface area contributed by atoms with Crippen LogP contribution < -0.4 is 5.56 Å². The third-order valence-corrected chi connectivity index (χ3v) is 2.67. The van der Waals surface area contributed by atoms with Gasteiger partial charge in [-0.15, -0.1) is 0 Å². The quantitative estimate of drug-likeness (QED) is 0.686. The Kier molecular flexibility index (Phi) is 2.32. The van der Waals surface area contributed by atoms with Crippen molar-refractivity contribution in [1.29, 1.82) is 5.26 Å². The fourth-order valence-electron chi connectivity index (χ4n) is 1.88. The molecule has 0 aliphatic heterocycles. The van der Waals surface area contributed by atoms with Crippen LogP contribution in [0.1, 0.15) is 26.3 Å². The number of hydrogen-bond donors (Lipinski definition) is 0. The minimum atomic E-state index is -0.373. The van der Waals surface area contributed by atoms with Crippen molar-refractivity contribution in [2.45, 2.75) is 26.3 Å². The molecule has 0 aliphatic rings. The highest BCUT2D eigenvalue weighted by atomic mass is 16.1. The molecule has 5 nitrogen and oxygen atoms in total. The summed E-state index contributed by atoms with van der Waals surface area (Å²) >= 11 is 0. The van der Waals surface area contributed by atoms with Gasteiger partial charge in [0, 0.05) is 18.6 Å². The standard InChI is InChI=1S/C12H14N4O/c1-12(2,3)16-11(17)10-9(6-14-16)8(5-13)7-15(10)4/h6-7H,1-4H3. The molecule has 0 aliphatic carbocycles. The molecule has 17 heavy (non-hydrogen) atoms. The summed E-state index contributed by atoms with van der Waals surface area (Å²) in [4.78, 5) is 12.3. The van der Waals surface area contributed by atoms with Crippen LogP contribution in [0.5, 0.6) is 0 Å². The molecule has 0 atom stereocenters. The molecule has 0 aromatic carbocycles. The Morgan fingerprint density at radius 1 is 1.41 bits per heavy atom. The molecule has 0 fully saturated rings. The monoisotopic (exact) mass is 230 g/mol. The number of rotatable bonds is 0. The van der Waals surface area contributed by atoms with Gasteiger partial charge in [0.15, 0.2) is 0 Å². The summed E-state index contributed by atoms with van der Waals surface area (Å²) < 4.78 is 3.12. The van der Waals surface area contributed by atoms with Gasteiger partial charge >= 0.3 is 0 Å². The summed E-state index contributed by atoms with van der Waals surface area (Å²) in [7, 11) is 1.76. The first-order valence-electron chi connectivity index (χ1n) is 5.34. The molecule has 0 radical (unpaired) electrons. The largest absolute Gasteiger partial charge is 0.345 e. The lowest BCUT2D eigenvalue weighted by Gasteiger charge is -2.20. The van der Waals surface area contributed by atoms with E-state index in [0.29, 0.717) is 16.5 Å². The minimum Gasteiger partial charge on any atom is -0.345 e. The number of fused-ring (bicyclic) bond motifs is 1.